The molecule has 0 aliphatic carbocycles. The molecule has 1 N–H and O–H groups in total. The predicted molar refractivity (Wildman–Crippen MR) is 76.9 cm³/mol. The highest BCUT2D eigenvalue weighted by molar-refractivity contribution is 5.47. The standard InChI is InChI=1S/C15H26N2O/c1-4-6-11-17(12-7-5-2)15-14(13(3)18)9-8-10-16-15/h8-10,13,18H,4-7,11-12H2,1-3H3/t13-/m0/s1. The summed E-state index contributed by atoms with van der Waals surface area (Å²) in [5.41, 5.74) is 0.935. The van der Waals surface area contributed by atoms with Gasteiger partial charge in [0.05, 0.1) is 6.10 Å². The summed E-state index contributed by atoms with van der Waals surface area (Å²) in [7, 11) is 0. The minimum Gasteiger partial charge on any atom is -0.389 e. The van der Waals surface area contributed by atoms with E-state index in [1.54, 1.807) is 6.92 Å². The zero-order chi connectivity index (χ0) is 13.4. The van der Waals surface area contributed by atoms with Crippen LogP contribution in [0.5, 0.6) is 0 Å². The average Bonchev–Trinajstić information content (AvgIpc) is 2.39. The smallest absolute Gasteiger partial charge is 0.134 e. The lowest BCUT2D eigenvalue weighted by atomic mass is 10.1. The summed E-state index contributed by atoms with van der Waals surface area (Å²) in [4.78, 5) is 6.79. The molecule has 0 aliphatic rings. The van der Waals surface area contributed by atoms with Gasteiger partial charge in [0.25, 0.3) is 0 Å². The second-order valence-corrected chi connectivity index (χ2v) is 4.79. The molecule has 0 spiro atoms. The largest absolute Gasteiger partial charge is 0.389 e. The molecule has 1 aromatic rings. The number of aromatic nitrogens is 1. The van der Waals surface area contributed by atoms with Gasteiger partial charge in [0.2, 0.25) is 0 Å². The van der Waals surface area contributed by atoms with Crippen molar-refractivity contribution in [2.24, 2.45) is 0 Å². The molecule has 1 heterocycles. The number of aliphatic hydroxyl groups excluding tert-OH is 1. The van der Waals surface area contributed by atoms with Crippen LogP contribution in [0.1, 0.15) is 58.1 Å². The number of aliphatic hydroxyl groups is 1. The predicted octanol–water partition coefficient (Wildman–Crippen LogP) is 3.54. The molecule has 0 saturated carbocycles. The molecule has 0 radical (unpaired) electrons. The van der Waals surface area contributed by atoms with Crippen LogP contribution in [0, 0.1) is 0 Å². The quantitative estimate of drug-likeness (QED) is 0.766. The normalized spacial score (nSPS) is 12.4. The molecule has 0 bridgehead atoms. The average molecular weight is 250 g/mol. The van der Waals surface area contributed by atoms with Gasteiger partial charge in [0.15, 0.2) is 0 Å². The van der Waals surface area contributed by atoms with Crippen molar-refractivity contribution in [3.05, 3.63) is 23.9 Å². The van der Waals surface area contributed by atoms with Gasteiger partial charge in [-0.05, 0) is 25.8 Å². The van der Waals surface area contributed by atoms with Crippen molar-refractivity contribution in [3.8, 4) is 0 Å². The van der Waals surface area contributed by atoms with Crippen LogP contribution in [0.3, 0.4) is 0 Å². The van der Waals surface area contributed by atoms with Crippen LogP contribution < -0.4 is 4.90 Å². The van der Waals surface area contributed by atoms with Gasteiger partial charge in [0.1, 0.15) is 5.82 Å². The maximum absolute atomic E-state index is 9.84. The molecule has 1 rings (SSSR count). The first-order chi connectivity index (χ1) is 8.70. The van der Waals surface area contributed by atoms with E-state index in [-0.39, 0.29) is 0 Å². The fraction of sp³-hybridized carbons (Fsp3) is 0.667. The van der Waals surface area contributed by atoms with Crippen molar-refractivity contribution in [1.29, 1.82) is 0 Å². The number of nitrogens with zero attached hydrogens (tertiary/aromatic N) is 2. The Labute approximate surface area is 111 Å². The molecule has 1 aromatic heterocycles. The third-order valence-corrected chi connectivity index (χ3v) is 3.13. The van der Waals surface area contributed by atoms with E-state index in [4.69, 9.17) is 0 Å². The van der Waals surface area contributed by atoms with Crippen LogP contribution in [0.2, 0.25) is 0 Å². The van der Waals surface area contributed by atoms with Gasteiger partial charge in [-0.3, -0.25) is 0 Å². The summed E-state index contributed by atoms with van der Waals surface area (Å²) in [6.45, 7) is 8.25. The van der Waals surface area contributed by atoms with E-state index in [1.807, 2.05) is 18.3 Å². The van der Waals surface area contributed by atoms with E-state index < -0.39 is 6.10 Å². The number of hydrogen-bond donors (Lipinski definition) is 1. The van der Waals surface area contributed by atoms with Crippen LogP contribution in [0.15, 0.2) is 18.3 Å². The Kier molecular flexibility index (Phi) is 6.73. The maximum atomic E-state index is 9.84. The number of rotatable bonds is 8. The zero-order valence-corrected chi connectivity index (χ0v) is 11.9. The van der Waals surface area contributed by atoms with Gasteiger partial charge in [-0.15, -0.1) is 0 Å². The molecule has 0 fully saturated rings. The Hall–Kier alpha value is -1.09. The monoisotopic (exact) mass is 250 g/mol. The van der Waals surface area contributed by atoms with Gasteiger partial charge < -0.3 is 10.0 Å². The highest BCUT2D eigenvalue weighted by Crippen LogP contribution is 2.24. The lowest BCUT2D eigenvalue weighted by Crippen LogP contribution is -2.28. The van der Waals surface area contributed by atoms with Gasteiger partial charge >= 0.3 is 0 Å². The fourth-order valence-electron chi connectivity index (χ4n) is 2.02. The summed E-state index contributed by atoms with van der Waals surface area (Å²) in [6.07, 6.45) is 6.05. The highest BCUT2D eigenvalue weighted by atomic mass is 16.3. The molecule has 18 heavy (non-hydrogen) atoms. The molecule has 0 aliphatic heterocycles. The maximum Gasteiger partial charge on any atom is 0.134 e. The summed E-state index contributed by atoms with van der Waals surface area (Å²) >= 11 is 0. The van der Waals surface area contributed by atoms with E-state index in [0.717, 1.165) is 24.5 Å². The summed E-state index contributed by atoms with van der Waals surface area (Å²) < 4.78 is 0. The van der Waals surface area contributed by atoms with Crippen LogP contribution in [0.4, 0.5) is 5.82 Å². The van der Waals surface area contributed by atoms with Crippen LogP contribution in [0.25, 0.3) is 0 Å². The molecule has 3 heteroatoms. The van der Waals surface area contributed by atoms with Crippen molar-refractivity contribution >= 4 is 5.82 Å². The molecule has 0 saturated heterocycles. The van der Waals surface area contributed by atoms with E-state index >= 15 is 0 Å². The first-order valence-corrected chi connectivity index (χ1v) is 7.08. The molecular formula is C15H26N2O. The van der Waals surface area contributed by atoms with Crippen molar-refractivity contribution < 1.29 is 5.11 Å². The SMILES string of the molecule is CCCCN(CCCC)c1ncccc1[C@H](C)O. The van der Waals surface area contributed by atoms with E-state index in [9.17, 15) is 5.11 Å². The molecule has 0 unspecified atom stereocenters. The lowest BCUT2D eigenvalue weighted by Gasteiger charge is -2.26. The third kappa shape index (κ3) is 4.30. The number of hydrogen-bond acceptors (Lipinski definition) is 3. The molecule has 102 valence electrons. The Morgan fingerprint density at radius 2 is 1.83 bits per heavy atom. The van der Waals surface area contributed by atoms with Crippen LogP contribution >= 0.6 is 0 Å². The highest BCUT2D eigenvalue weighted by Gasteiger charge is 2.14. The van der Waals surface area contributed by atoms with Crippen molar-refractivity contribution in [1.82, 2.24) is 4.98 Å². The minimum atomic E-state index is -0.459. The molecule has 0 amide bonds. The van der Waals surface area contributed by atoms with Gasteiger partial charge in [-0.1, -0.05) is 32.8 Å². The topological polar surface area (TPSA) is 36.4 Å². The molecule has 1 atom stereocenters. The van der Waals surface area contributed by atoms with Gasteiger partial charge in [0, 0.05) is 24.8 Å². The first kappa shape index (κ1) is 15.0. The Morgan fingerprint density at radius 1 is 1.22 bits per heavy atom. The lowest BCUT2D eigenvalue weighted by molar-refractivity contribution is 0.199. The molecular weight excluding hydrogens is 224 g/mol. The summed E-state index contributed by atoms with van der Waals surface area (Å²) in [5, 5.41) is 9.84. The van der Waals surface area contributed by atoms with E-state index in [0.29, 0.717) is 0 Å². The van der Waals surface area contributed by atoms with Crippen LogP contribution in [-0.4, -0.2) is 23.2 Å². The second-order valence-electron chi connectivity index (χ2n) is 4.79. The number of pyridine rings is 1. The fourth-order valence-corrected chi connectivity index (χ4v) is 2.02. The molecule has 0 aromatic carbocycles. The Balaban J connectivity index is 2.88. The summed E-state index contributed by atoms with van der Waals surface area (Å²) in [5.74, 6) is 0.953. The van der Waals surface area contributed by atoms with E-state index in [2.05, 4.69) is 23.7 Å². The molecule has 3 nitrogen and oxygen atoms in total. The van der Waals surface area contributed by atoms with Crippen molar-refractivity contribution in [3.63, 3.8) is 0 Å². The number of anilines is 1. The Bertz CT molecular complexity index is 331. The number of unbranched alkanes of at least 4 members (excludes halogenated alkanes) is 2. The third-order valence-electron chi connectivity index (χ3n) is 3.13. The van der Waals surface area contributed by atoms with Gasteiger partial charge in [-0.2, -0.15) is 0 Å². The van der Waals surface area contributed by atoms with E-state index in [1.165, 1.54) is 25.7 Å². The van der Waals surface area contributed by atoms with Crippen molar-refractivity contribution in [2.45, 2.75) is 52.6 Å². The first-order valence-electron chi connectivity index (χ1n) is 7.08. The summed E-state index contributed by atoms with van der Waals surface area (Å²) in [6, 6.07) is 3.86. The zero-order valence-electron chi connectivity index (χ0n) is 11.9. The van der Waals surface area contributed by atoms with Crippen LogP contribution in [-0.2, 0) is 0 Å². The Morgan fingerprint density at radius 3 is 2.33 bits per heavy atom. The minimum absolute atomic E-state index is 0.459. The van der Waals surface area contributed by atoms with Gasteiger partial charge in [-0.25, -0.2) is 4.98 Å². The second kappa shape index (κ2) is 8.09. The van der Waals surface area contributed by atoms with Crippen molar-refractivity contribution in [2.75, 3.05) is 18.0 Å².